The Balaban J connectivity index is 2.06. The van der Waals surface area contributed by atoms with Crippen molar-refractivity contribution in [3.05, 3.63) is 57.9 Å². The maximum atomic E-state index is 12.5. The Bertz CT molecular complexity index is 1100. The number of nitrogens with zero attached hydrogens (tertiary/aromatic N) is 2. The number of amides is 2. The van der Waals surface area contributed by atoms with Gasteiger partial charge in [-0.05, 0) is 74.5 Å². The molecule has 0 bridgehead atoms. The molecule has 1 aliphatic heterocycles. The lowest BCUT2D eigenvalue weighted by atomic mass is 10.1. The monoisotopic (exact) mass is 411 g/mol. The minimum Gasteiger partial charge on any atom is -0.465 e. The lowest BCUT2D eigenvalue weighted by Crippen LogP contribution is -2.52. The second kappa shape index (κ2) is 7.63. The maximum absolute atomic E-state index is 12.5. The third-order valence-corrected chi connectivity index (χ3v) is 5.31. The van der Waals surface area contributed by atoms with Gasteiger partial charge in [0.15, 0.2) is 5.11 Å². The van der Waals surface area contributed by atoms with E-state index in [9.17, 15) is 14.4 Å². The molecule has 0 atom stereocenters. The molecule has 2 heterocycles. The van der Waals surface area contributed by atoms with Crippen molar-refractivity contribution in [3.8, 4) is 5.69 Å². The van der Waals surface area contributed by atoms with Gasteiger partial charge >= 0.3 is 5.97 Å². The molecule has 0 saturated carbocycles. The molecule has 7 nitrogen and oxygen atoms in total. The number of carbonyl (C=O) groups is 3. The van der Waals surface area contributed by atoms with Crippen LogP contribution in [0.1, 0.15) is 32.9 Å². The molecule has 8 heteroatoms. The highest BCUT2D eigenvalue weighted by Crippen LogP contribution is 2.26. The van der Waals surface area contributed by atoms with Crippen LogP contribution in [0.4, 0.5) is 0 Å². The molecule has 2 aromatic rings. The Morgan fingerprint density at radius 1 is 1.17 bits per heavy atom. The topological polar surface area (TPSA) is 80.6 Å². The number of carbonyl (C=O) groups excluding carboxylic acids is 3. The molecule has 0 radical (unpaired) electrons. The summed E-state index contributed by atoms with van der Waals surface area (Å²) in [5.41, 5.74) is 4.83. The number of likely N-dealkylation sites (N-methyl/N-ethyl adjacent to an activating group) is 1. The first-order valence-corrected chi connectivity index (χ1v) is 9.30. The lowest BCUT2D eigenvalue weighted by Gasteiger charge is -2.25. The van der Waals surface area contributed by atoms with Crippen LogP contribution in [-0.4, -0.2) is 46.5 Å². The van der Waals surface area contributed by atoms with Crippen LogP contribution < -0.4 is 5.32 Å². The third kappa shape index (κ3) is 3.58. The highest BCUT2D eigenvalue weighted by atomic mass is 32.1. The van der Waals surface area contributed by atoms with Gasteiger partial charge in [-0.3, -0.25) is 19.8 Å². The molecule has 1 fully saturated rings. The summed E-state index contributed by atoms with van der Waals surface area (Å²) in [5.74, 6) is -1.35. The molecular weight excluding hydrogens is 390 g/mol. The molecule has 1 saturated heterocycles. The van der Waals surface area contributed by atoms with E-state index in [-0.39, 0.29) is 10.7 Å². The van der Waals surface area contributed by atoms with Crippen molar-refractivity contribution in [1.29, 1.82) is 0 Å². The first-order valence-electron chi connectivity index (χ1n) is 8.89. The predicted molar refractivity (Wildman–Crippen MR) is 113 cm³/mol. The molecule has 2 amide bonds. The van der Waals surface area contributed by atoms with Crippen LogP contribution in [0.5, 0.6) is 0 Å². The van der Waals surface area contributed by atoms with Crippen molar-refractivity contribution in [1.82, 2.24) is 14.8 Å². The average Bonchev–Trinajstić information content (AvgIpc) is 2.96. The standard InChI is InChI=1S/C21H21N3O4S/c1-11-8-14(20(27)28-5)6-7-17(11)24-12(2)9-15(13(24)3)10-16-18(25)22-21(29)23(4)19(16)26/h6-10H,1-5H3,(H,22,25,29). The van der Waals surface area contributed by atoms with E-state index in [2.05, 4.69) is 5.32 Å². The summed E-state index contributed by atoms with van der Waals surface area (Å²) in [5, 5.41) is 2.60. The Kier molecular flexibility index (Phi) is 5.39. The molecule has 0 unspecified atom stereocenters. The zero-order chi connectivity index (χ0) is 21.5. The van der Waals surface area contributed by atoms with E-state index in [0.717, 1.165) is 28.2 Å². The molecule has 1 aliphatic rings. The fourth-order valence-corrected chi connectivity index (χ4v) is 3.53. The van der Waals surface area contributed by atoms with Crippen molar-refractivity contribution in [2.24, 2.45) is 0 Å². The van der Waals surface area contributed by atoms with Crippen LogP contribution in [-0.2, 0) is 14.3 Å². The number of thiocarbonyl (C=S) groups is 1. The molecule has 1 aromatic carbocycles. The number of aromatic nitrogens is 1. The molecule has 150 valence electrons. The van der Waals surface area contributed by atoms with Crippen molar-refractivity contribution < 1.29 is 19.1 Å². The van der Waals surface area contributed by atoms with E-state index < -0.39 is 17.8 Å². The summed E-state index contributed by atoms with van der Waals surface area (Å²) in [6, 6.07) is 7.23. The van der Waals surface area contributed by atoms with Crippen molar-refractivity contribution >= 4 is 41.2 Å². The van der Waals surface area contributed by atoms with Gasteiger partial charge < -0.3 is 9.30 Å². The van der Waals surface area contributed by atoms with E-state index in [1.807, 2.05) is 37.5 Å². The van der Waals surface area contributed by atoms with Crippen molar-refractivity contribution in [2.75, 3.05) is 14.2 Å². The summed E-state index contributed by atoms with van der Waals surface area (Å²) in [6.07, 6.45) is 1.58. The number of hydrogen-bond donors (Lipinski definition) is 1. The molecule has 1 N–H and O–H groups in total. The molecule has 29 heavy (non-hydrogen) atoms. The Morgan fingerprint density at radius 2 is 1.86 bits per heavy atom. The van der Waals surface area contributed by atoms with E-state index in [1.165, 1.54) is 19.1 Å². The summed E-state index contributed by atoms with van der Waals surface area (Å²) in [6.45, 7) is 5.76. The van der Waals surface area contributed by atoms with Gasteiger partial charge in [-0.15, -0.1) is 0 Å². The number of hydrogen-bond acceptors (Lipinski definition) is 5. The Morgan fingerprint density at radius 3 is 2.48 bits per heavy atom. The number of methoxy groups -OCH3 is 1. The van der Waals surface area contributed by atoms with E-state index in [1.54, 1.807) is 18.2 Å². The molecule has 0 aliphatic carbocycles. The summed E-state index contributed by atoms with van der Waals surface area (Å²) in [4.78, 5) is 37.7. The number of esters is 1. The fraction of sp³-hybridized carbons (Fsp3) is 0.238. The first kappa shape index (κ1) is 20.5. The van der Waals surface area contributed by atoms with Crippen LogP contribution in [0.25, 0.3) is 11.8 Å². The van der Waals surface area contributed by atoms with Crippen LogP contribution in [0.3, 0.4) is 0 Å². The van der Waals surface area contributed by atoms with Gasteiger partial charge in [-0.1, -0.05) is 0 Å². The largest absolute Gasteiger partial charge is 0.465 e. The van der Waals surface area contributed by atoms with Gasteiger partial charge in [0.05, 0.1) is 12.7 Å². The maximum Gasteiger partial charge on any atom is 0.337 e. The minimum atomic E-state index is -0.512. The number of rotatable bonds is 3. The smallest absolute Gasteiger partial charge is 0.337 e. The minimum absolute atomic E-state index is 0.0270. The van der Waals surface area contributed by atoms with E-state index >= 15 is 0 Å². The molecule has 0 spiro atoms. The van der Waals surface area contributed by atoms with Gasteiger partial charge in [0.1, 0.15) is 5.57 Å². The normalized spacial score (nSPS) is 15.7. The fourth-order valence-electron chi connectivity index (χ4n) is 3.36. The second-order valence-electron chi connectivity index (χ2n) is 6.84. The van der Waals surface area contributed by atoms with Gasteiger partial charge in [-0.25, -0.2) is 4.79 Å². The van der Waals surface area contributed by atoms with Crippen LogP contribution in [0.15, 0.2) is 29.8 Å². The van der Waals surface area contributed by atoms with E-state index in [0.29, 0.717) is 5.56 Å². The van der Waals surface area contributed by atoms with Crippen molar-refractivity contribution in [3.63, 3.8) is 0 Å². The van der Waals surface area contributed by atoms with Crippen LogP contribution in [0, 0.1) is 20.8 Å². The lowest BCUT2D eigenvalue weighted by molar-refractivity contribution is -0.128. The van der Waals surface area contributed by atoms with Gasteiger partial charge in [-0.2, -0.15) is 0 Å². The Hall–Kier alpha value is -3.26. The number of benzene rings is 1. The van der Waals surface area contributed by atoms with Crippen molar-refractivity contribution in [2.45, 2.75) is 20.8 Å². The van der Waals surface area contributed by atoms with Gasteiger partial charge in [0, 0.05) is 24.1 Å². The molecule has 1 aromatic heterocycles. The Labute approximate surface area is 173 Å². The van der Waals surface area contributed by atoms with Crippen LogP contribution in [0.2, 0.25) is 0 Å². The quantitative estimate of drug-likeness (QED) is 0.363. The van der Waals surface area contributed by atoms with Gasteiger partial charge in [0.2, 0.25) is 0 Å². The number of aryl methyl sites for hydroxylation is 2. The highest BCUT2D eigenvalue weighted by molar-refractivity contribution is 7.80. The number of ether oxygens (including phenoxy) is 1. The number of nitrogens with one attached hydrogen (secondary N) is 1. The zero-order valence-corrected chi connectivity index (χ0v) is 17.6. The average molecular weight is 411 g/mol. The second-order valence-corrected chi connectivity index (χ2v) is 7.22. The molecule has 3 rings (SSSR count). The van der Waals surface area contributed by atoms with Crippen LogP contribution >= 0.6 is 12.2 Å². The third-order valence-electron chi connectivity index (χ3n) is 4.93. The summed E-state index contributed by atoms with van der Waals surface area (Å²) < 4.78 is 6.79. The zero-order valence-electron chi connectivity index (χ0n) is 16.8. The summed E-state index contributed by atoms with van der Waals surface area (Å²) >= 11 is 4.98. The van der Waals surface area contributed by atoms with Gasteiger partial charge in [0.25, 0.3) is 11.8 Å². The first-order chi connectivity index (χ1) is 13.6. The summed E-state index contributed by atoms with van der Waals surface area (Å²) in [7, 11) is 2.87. The predicted octanol–water partition coefficient (Wildman–Crippen LogP) is 2.45. The molecular formula is C21H21N3O4S. The SMILES string of the molecule is COC(=O)c1ccc(-n2c(C)cc(C=C3C(=O)NC(=S)N(C)C3=O)c2C)c(C)c1. The highest BCUT2D eigenvalue weighted by Gasteiger charge is 2.31. The van der Waals surface area contributed by atoms with E-state index in [4.69, 9.17) is 17.0 Å².